The largest absolute Gasteiger partial charge is 0.481 e. The second kappa shape index (κ2) is 5.56. The quantitative estimate of drug-likeness (QED) is 0.798. The summed E-state index contributed by atoms with van der Waals surface area (Å²) in [5.41, 5.74) is 0.568. The van der Waals surface area contributed by atoms with Crippen molar-refractivity contribution < 1.29 is 9.90 Å². The molecule has 0 saturated carbocycles. The van der Waals surface area contributed by atoms with Crippen molar-refractivity contribution in [2.24, 2.45) is 0 Å². The van der Waals surface area contributed by atoms with Gasteiger partial charge in [-0.05, 0) is 11.8 Å². The zero-order valence-electron chi connectivity index (χ0n) is 10.2. The van der Waals surface area contributed by atoms with Gasteiger partial charge in [0.2, 0.25) is 0 Å². The number of rotatable bonds is 4. The molecule has 0 amide bonds. The fourth-order valence-corrected chi connectivity index (χ4v) is 3.56. The molecular formula is C13H9N3O2S2. The highest BCUT2D eigenvalue weighted by atomic mass is 32.2. The van der Waals surface area contributed by atoms with Crippen LogP contribution < -0.4 is 0 Å². The molecule has 2 aromatic heterocycles. The average molecular weight is 303 g/mol. The van der Waals surface area contributed by atoms with Crippen LogP contribution in [-0.4, -0.2) is 26.3 Å². The molecule has 1 N–H and O–H groups in total. The van der Waals surface area contributed by atoms with Crippen molar-refractivity contribution in [1.82, 2.24) is 15.2 Å². The monoisotopic (exact) mass is 303 g/mol. The van der Waals surface area contributed by atoms with Crippen molar-refractivity contribution in [3.63, 3.8) is 0 Å². The van der Waals surface area contributed by atoms with Crippen molar-refractivity contribution in [1.29, 1.82) is 0 Å². The van der Waals surface area contributed by atoms with E-state index in [1.807, 2.05) is 24.3 Å². The SMILES string of the molecule is O=C(O)Cc1csc(Sc2nncc3ccccc23)n1. The first-order valence-corrected chi connectivity index (χ1v) is 7.46. The van der Waals surface area contributed by atoms with Crippen LogP contribution >= 0.6 is 23.1 Å². The van der Waals surface area contributed by atoms with Crippen LogP contribution in [0, 0.1) is 0 Å². The van der Waals surface area contributed by atoms with Crippen LogP contribution in [0.5, 0.6) is 0 Å². The van der Waals surface area contributed by atoms with Gasteiger partial charge in [-0.1, -0.05) is 24.3 Å². The minimum Gasteiger partial charge on any atom is -0.481 e. The van der Waals surface area contributed by atoms with Crippen LogP contribution in [0.15, 0.2) is 45.2 Å². The van der Waals surface area contributed by atoms with Crippen LogP contribution in [0.3, 0.4) is 0 Å². The summed E-state index contributed by atoms with van der Waals surface area (Å²) in [5, 5.41) is 21.4. The maximum Gasteiger partial charge on any atom is 0.309 e. The van der Waals surface area contributed by atoms with Gasteiger partial charge in [0.1, 0.15) is 5.03 Å². The minimum absolute atomic E-state index is 0.0573. The lowest BCUT2D eigenvalue weighted by Crippen LogP contribution is -1.99. The number of carbonyl (C=O) groups is 1. The van der Waals surface area contributed by atoms with Gasteiger partial charge in [0.05, 0.1) is 18.3 Å². The van der Waals surface area contributed by atoms with E-state index in [-0.39, 0.29) is 6.42 Å². The van der Waals surface area contributed by atoms with Crippen LogP contribution in [0.4, 0.5) is 0 Å². The van der Waals surface area contributed by atoms with Crippen molar-refractivity contribution in [3.05, 3.63) is 41.5 Å². The molecule has 0 unspecified atom stereocenters. The summed E-state index contributed by atoms with van der Waals surface area (Å²) < 4.78 is 0.770. The molecule has 100 valence electrons. The van der Waals surface area contributed by atoms with E-state index in [1.165, 1.54) is 23.1 Å². The Morgan fingerprint density at radius 3 is 3.05 bits per heavy atom. The van der Waals surface area contributed by atoms with E-state index in [0.29, 0.717) is 5.69 Å². The van der Waals surface area contributed by atoms with E-state index in [2.05, 4.69) is 15.2 Å². The molecular weight excluding hydrogens is 294 g/mol. The minimum atomic E-state index is -0.878. The van der Waals surface area contributed by atoms with Crippen molar-refractivity contribution in [2.75, 3.05) is 0 Å². The molecule has 20 heavy (non-hydrogen) atoms. The third-order valence-corrected chi connectivity index (χ3v) is 4.57. The van der Waals surface area contributed by atoms with Crippen LogP contribution in [-0.2, 0) is 11.2 Å². The van der Waals surface area contributed by atoms with Gasteiger partial charge in [-0.3, -0.25) is 4.79 Å². The molecule has 0 atom stereocenters. The van der Waals surface area contributed by atoms with Gasteiger partial charge in [-0.15, -0.1) is 16.4 Å². The number of carboxylic acid groups (broad SMARTS) is 1. The summed E-state index contributed by atoms with van der Waals surface area (Å²) in [7, 11) is 0. The standard InChI is InChI=1S/C13H9N3O2S2/c17-11(18)5-9-7-19-13(15-9)20-12-10-4-2-1-3-8(10)6-14-16-12/h1-4,6-7H,5H2,(H,17,18). The van der Waals surface area contributed by atoms with E-state index in [9.17, 15) is 4.79 Å². The number of hydrogen-bond donors (Lipinski definition) is 1. The normalized spacial score (nSPS) is 10.8. The lowest BCUT2D eigenvalue weighted by Gasteiger charge is -2.01. The Bertz CT molecular complexity index is 768. The van der Waals surface area contributed by atoms with Crippen LogP contribution in [0.2, 0.25) is 0 Å². The number of fused-ring (bicyclic) bond motifs is 1. The summed E-state index contributed by atoms with van der Waals surface area (Å²) in [5.74, 6) is -0.878. The Morgan fingerprint density at radius 2 is 2.20 bits per heavy atom. The third-order valence-electron chi connectivity index (χ3n) is 2.58. The number of aliphatic carboxylic acids is 1. The third kappa shape index (κ3) is 2.78. The van der Waals surface area contributed by atoms with E-state index >= 15 is 0 Å². The Kier molecular flexibility index (Phi) is 3.62. The van der Waals surface area contributed by atoms with Gasteiger partial charge in [-0.2, -0.15) is 5.10 Å². The highest BCUT2D eigenvalue weighted by Gasteiger charge is 2.10. The molecule has 0 bridgehead atoms. The summed E-state index contributed by atoms with van der Waals surface area (Å²) in [4.78, 5) is 14.9. The Hall–Kier alpha value is -1.99. The maximum atomic E-state index is 10.6. The highest BCUT2D eigenvalue weighted by Crippen LogP contribution is 2.33. The molecule has 0 saturated heterocycles. The second-order valence-corrected chi connectivity index (χ2v) is 6.11. The molecule has 2 heterocycles. The first kappa shape index (κ1) is 13.0. The molecule has 0 aliphatic heterocycles. The predicted molar refractivity (Wildman–Crippen MR) is 77.1 cm³/mol. The van der Waals surface area contributed by atoms with E-state index in [4.69, 9.17) is 5.11 Å². The predicted octanol–water partition coefficient (Wildman–Crippen LogP) is 2.86. The van der Waals surface area contributed by atoms with Gasteiger partial charge in [0.15, 0.2) is 4.34 Å². The first-order chi connectivity index (χ1) is 9.72. The Morgan fingerprint density at radius 1 is 1.35 bits per heavy atom. The maximum absolute atomic E-state index is 10.6. The van der Waals surface area contributed by atoms with Gasteiger partial charge in [-0.25, -0.2) is 4.98 Å². The van der Waals surface area contributed by atoms with Crippen molar-refractivity contribution in [3.8, 4) is 0 Å². The van der Waals surface area contributed by atoms with Gasteiger partial charge in [0, 0.05) is 16.2 Å². The highest BCUT2D eigenvalue weighted by molar-refractivity contribution is 8.01. The smallest absolute Gasteiger partial charge is 0.309 e. The van der Waals surface area contributed by atoms with Crippen molar-refractivity contribution in [2.45, 2.75) is 15.8 Å². The molecule has 0 aliphatic carbocycles. The molecule has 3 aromatic rings. The van der Waals surface area contributed by atoms with E-state index < -0.39 is 5.97 Å². The molecule has 1 aromatic carbocycles. The topological polar surface area (TPSA) is 76.0 Å². The average Bonchev–Trinajstić information content (AvgIpc) is 2.86. The molecule has 3 rings (SSSR count). The number of carboxylic acids is 1. The molecule has 0 radical (unpaired) electrons. The summed E-state index contributed by atoms with van der Waals surface area (Å²) in [6, 6.07) is 7.86. The van der Waals surface area contributed by atoms with Gasteiger partial charge in [0.25, 0.3) is 0 Å². The fourth-order valence-electron chi connectivity index (χ4n) is 1.73. The lowest BCUT2D eigenvalue weighted by atomic mass is 10.2. The van der Waals surface area contributed by atoms with E-state index in [0.717, 1.165) is 20.1 Å². The summed E-state index contributed by atoms with van der Waals surface area (Å²) >= 11 is 2.82. The number of aromatic nitrogens is 3. The zero-order valence-corrected chi connectivity index (χ0v) is 11.8. The van der Waals surface area contributed by atoms with Crippen LogP contribution in [0.1, 0.15) is 5.69 Å². The van der Waals surface area contributed by atoms with Gasteiger partial charge < -0.3 is 5.11 Å². The Labute approximate surface area is 122 Å². The molecule has 0 aliphatic rings. The van der Waals surface area contributed by atoms with E-state index in [1.54, 1.807) is 11.6 Å². The number of benzene rings is 1. The Balaban J connectivity index is 1.89. The fraction of sp³-hybridized carbons (Fsp3) is 0.0769. The number of hydrogen-bond acceptors (Lipinski definition) is 6. The lowest BCUT2D eigenvalue weighted by molar-refractivity contribution is -0.136. The van der Waals surface area contributed by atoms with Crippen LogP contribution in [0.25, 0.3) is 10.8 Å². The zero-order chi connectivity index (χ0) is 13.9. The molecule has 7 heteroatoms. The number of nitrogens with zero attached hydrogens (tertiary/aromatic N) is 3. The molecule has 0 fully saturated rings. The first-order valence-electron chi connectivity index (χ1n) is 5.77. The molecule has 0 spiro atoms. The summed E-state index contributed by atoms with van der Waals surface area (Å²) in [6.07, 6.45) is 1.66. The number of thiazole rings is 1. The molecule has 5 nitrogen and oxygen atoms in total. The van der Waals surface area contributed by atoms with Gasteiger partial charge >= 0.3 is 5.97 Å². The second-order valence-electron chi connectivity index (χ2n) is 4.01. The van der Waals surface area contributed by atoms with Crippen molar-refractivity contribution >= 4 is 39.8 Å². The summed E-state index contributed by atoms with van der Waals surface area (Å²) in [6.45, 7) is 0.